The lowest BCUT2D eigenvalue weighted by atomic mass is 9.95. The molecule has 1 aliphatic rings. The van der Waals surface area contributed by atoms with Crippen LogP contribution in [-0.4, -0.2) is 15.8 Å². The van der Waals surface area contributed by atoms with Crippen molar-refractivity contribution in [1.82, 2.24) is 9.97 Å². The second kappa shape index (κ2) is 8.21. The monoisotopic (exact) mass is 406 g/mol. The van der Waals surface area contributed by atoms with Crippen molar-refractivity contribution in [3.63, 3.8) is 0 Å². The molecule has 0 amide bonds. The van der Waals surface area contributed by atoms with E-state index < -0.39 is 0 Å². The highest BCUT2D eigenvalue weighted by molar-refractivity contribution is 6.31. The molecule has 4 rings (SSSR count). The molecule has 29 heavy (non-hydrogen) atoms. The van der Waals surface area contributed by atoms with Gasteiger partial charge in [0.25, 0.3) is 0 Å². The van der Waals surface area contributed by atoms with E-state index in [9.17, 15) is 4.79 Å². The molecule has 2 aromatic carbocycles. The number of ketones is 1. The molecular formula is C23H23ClN4O. The maximum atomic E-state index is 12.6. The maximum absolute atomic E-state index is 12.6. The number of rotatable bonds is 5. The predicted octanol–water partition coefficient (Wildman–Crippen LogP) is 6.01. The molecule has 0 fully saturated rings. The lowest BCUT2D eigenvalue weighted by molar-refractivity contribution is 0.0972. The summed E-state index contributed by atoms with van der Waals surface area (Å²) in [4.78, 5) is 21.8. The van der Waals surface area contributed by atoms with Crippen LogP contribution in [0, 0.1) is 6.92 Å². The number of hydrogen-bond acceptors (Lipinski definition) is 5. The van der Waals surface area contributed by atoms with Gasteiger partial charge < -0.3 is 10.6 Å². The Hall–Kier alpha value is -2.92. The topological polar surface area (TPSA) is 66.9 Å². The molecule has 0 spiro atoms. The molecule has 0 aliphatic heterocycles. The lowest BCUT2D eigenvalue weighted by Crippen LogP contribution is -2.17. The van der Waals surface area contributed by atoms with Gasteiger partial charge in [0.05, 0.1) is 11.3 Å². The SMILES string of the molecule is CCc1ccc(Nc2nc3c(c(Nc4ccc(C)c(Cl)c4)n2)C(=O)CCC3)cc1. The third kappa shape index (κ3) is 4.25. The molecule has 6 heteroatoms. The van der Waals surface area contributed by atoms with Gasteiger partial charge in [-0.2, -0.15) is 4.98 Å². The van der Waals surface area contributed by atoms with E-state index in [1.165, 1.54) is 5.56 Å². The maximum Gasteiger partial charge on any atom is 0.229 e. The molecule has 0 saturated carbocycles. The summed E-state index contributed by atoms with van der Waals surface area (Å²) in [7, 11) is 0. The van der Waals surface area contributed by atoms with Gasteiger partial charge in [-0.1, -0.05) is 36.7 Å². The number of aromatic nitrogens is 2. The Morgan fingerprint density at radius 3 is 2.48 bits per heavy atom. The van der Waals surface area contributed by atoms with E-state index in [4.69, 9.17) is 11.6 Å². The van der Waals surface area contributed by atoms with Crippen LogP contribution in [0.2, 0.25) is 5.02 Å². The van der Waals surface area contributed by atoms with E-state index >= 15 is 0 Å². The van der Waals surface area contributed by atoms with E-state index in [0.717, 1.165) is 41.9 Å². The van der Waals surface area contributed by atoms with Crippen LogP contribution in [0.5, 0.6) is 0 Å². The van der Waals surface area contributed by atoms with Gasteiger partial charge in [0.15, 0.2) is 5.78 Å². The van der Waals surface area contributed by atoms with Crippen molar-refractivity contribution in [1.29, 1.82) is 0 Å². The molecule has 0 unspecified atom stereocenters. The van der Waals surface area contributed by atoms with Crippen LogP contribution >= 0.6 is 11.6 Å². The fraction of sp³-hybridized carbons (Fsp3) is 0.261. The Labute approximate surface area is 175 Å². The van der Waals surface area contributed by atoms with Gasteiger partial charge in [-0.15, -0.1) is 0 Å². The Morgan fingerprint density at radius 2 is 1.76 bits per heavy atom. The van der Waals surface area contributed by atoms with Gasteiger partial charge in [0, 0.05) is 22.8 Å². The molecular weight excluding hydrogens is 384 g/mol. The number of benzene rings is 2. The Kier molecular flexibility index (Phi) is 5.49. The highest BCUT2D eigenvalue weighted by atomic mass is 35.5. The third-order valence-electron chi connectivity index (χ3n) is 5.13. The number of Topliss-reactive ketones (excluding diaryl/α,β-unsaturated/α-hetero) is 1. The minimum Gasteiger partial charge on any atom is -0.339 e. The minimum atomic E-state index is 0.0748. The molecule has 1 heterocycles. The van der Waals surface area contributed by atoms with E-state index in [0.29, 0.717) is 28.8 Å². The van der Waals surface area contributed by atoms with Crippen LogP contribution in [0.3, 0.4) is 0 Å². The zero-order valence-electron chi connectivity index (χ0n) is 16.6. The van der Waals surface area contributed by atoms with Gasteiger partial charge >= 0.3 is 0 Å². The first-order chi connectivity index (χ1) is 14.0. The molecule has 3 aromatic rings. The summed E-state index contributed by atoms with van der Waals surface area (Å²) in [5.74, 6) is 1.07. The molecule has 1 aliphatic carbocycles. The smallest absolute Gasteiger partial charge is 0.229 e. The van der Waals surface area contributed by atoms with E-state index in [1.807, 2.05) is 37.3 Å². The van der Waals surface area contributed by atoms with Crippen LogP contribution in [0.25, 0.3) is 0 Å². The summed E-state index contributed by atoms with van der Waals surface area (Å²) >= 11 is 6.26. The van der Waals surface area contributed by atoms with Crippen LogP contribution in [-0.2, 0) is 12.8 Å². The van der Waals surface area contributed by atoms with Crippen molar-refractivity contribution in [2.24, 2.45) is 0 Å². The second-order valence-corrected chi connectivity index (χ2v) is 7.67. The van der Waals surface area contributed by atoms with Crippen LogP contribution < -0.4 is 10.6 Å². The normalized spacial score (nSPS) is 13.1. The summed E-state index contributed by atoms with van der Waals surface area (Å²) in [6.07, 6.45) is 3.08. The zero-order valence-corrected chi connectivity index (χ0v) is 17.3. The number of fused-ring (bicyclic) bond motifs is 1. The number of carbonyl (C=O) groups is 1. The van der Waals surface area contributed by atoms with Crippen LogP contribution in [0.15, 0.2) is 42.5 Å². The lowest BCUT2D eigenvalue weighted by Gasteiger charge is -2.19. The summed E-state index contributed by atoms with van der Waals surface area (Å²) < 4.78 is 0. The summed E-state index contributed by atoms with van der Waals surface area (Å²) in [5.41, 5.74) is 5.33. The second-order valence-electron chi connectivity index (χ2n) is 7.26. The highest BCUT2D eigenvalue weighted by Crippen LogP contribution is 2.31. The van der Waals surface area contributed by atoms with Crippen molar-refractivity contribution in [3.8, 4) is 0 Å². The Bertz CT molecular complexity index is 1060. The quantitative estimate of drug-likeness (QED) is 0.543. The first-order valence-corrected chi connectivity index (χ1v) is 10.2. The largest absolute Gasteiger partial charge is 0.339 e. The summed E-state index contributed by atoms with van der Waals surface area (Å²) in [6.45, 7) is 4.08. The molecule has 148 valence electrons. The van der Waals surface area contributed by atoms with Gasteiger partial charge in [-0.05, 0) is 61.6 Å². The number of anilines is 4. The van der Waals surface area contributed by atoms with Crippen molar-refractivity contribution in [2.75, 3.05) is 10.6 Å². The first-order valence-electron chi connectivity index (χ1n) is 9.86. The van der Waals surface area contributed by atoms with Crippen molar-refractivity contribution >= 4 is 40.5 Å². The van der Waals surface area contributed by atoms with Crippen molar-refractivity contribution in [3.05, 3.63) is 69.9 Å². The highest BCUT2D eigenvalue weighted by Gasteiger charge is 2.25. The van der Waals surface area contributed by atoms with E-state index in [-0.39, 0.29) is 5.78 Å². The molecule has 0 atom stereocenters. The summed E-state index contributed by atoms with van der Waals surface area (Å²) in [5, 5.41) is 7.21. The number of carbonyl (C=O) groups excluding carboxylic acids is 1. The summed E-state index contributed by atoms with van der Waals surface area (Å²) in [6, 6.07) is 13.9. The molecule has 2 N–H and O–H groups in total. The van der Waals surface area contributed by atoms with Gasteiger partial charge in [0.2, 0.25) is 5.95 Å². The van der Waals surface area contributed by atoms with E-state index in [1.54, 1.807) is 0 Å². The fourth-order valence-electron chi connectivity index (χ4n) is 3.43. The van der Waals surface area contributed by atoms with Gasteiger partial charge in [0.1, 0.15) is 5.82 Å². The van der Waals surface area contributed by atoms with Crippen LogP contribution in [0.4, 0.5) is 23.1 Å². The standard InChI is InChI=1S/C23H23ClN4O/c1-3-15-8-11-16(12-9-15)26-23-27-19-5-4-6-20(29)21(19)22(28-23)25-17-10-7-14(2)18(24)13-17/h7-13H,3-6H2,1-2H3,(H2,25,26,27,28). The third-order valence-corrected chi connectivity index (χ3v) is 5.54. The molecule has 1 aromatic heterocycles. The molecule has 0 bridgehead atoms. The Morgan fingerprint density at radius 1 is 1.00 bits per heavy atom. The fourth-order valence-corrected chi connectivity index (χ4v) is 3.61. The number of halogens is 1. The number of nitrogens with zero attached hydrogens (tertiary/aromatic N) is 2. The Balaban J connectivity index is 1.70. The first kappa shape index (κ1) is 19.4. The molecule has 0 radical (unpaired) electrons. The number of nitrogens with one attached hydrogen (secondary N) is 2. The van der Waals surface area contributed by atoms with Crippen molar-refractivity contribution in [2.45, 2.75) is 39.5 Å². The van der Waals surface area contributed by atoms with Crippen molar-refractivity contribution < 1.29 is 4.79 Å². The molecule has 5 nitrogen and oxygen atoms in total. The average molecular weight is 407 g/mol. The minimum absolute atomic E-state index is 0.0748. The van der Waals surface area contributed by atoms with Gasteiger partial charge in [-0.25, -0.2) is 4.98 Å². The zero-order chi connectivity index (χ0) is 20.4. The average Bonchev–Trinajstić information content (AvgIpc) is 2.71. The number of hydrogen-bond donors (Lipinski definition) is 2. The number of aryl methyl sites for hydroxylation is 3. The van der Waals surface area contributed by atoms with E-state index in [2.05, 4.69) is 39.7 Å². The predicted molar refractivity (Wildman–Crippen MR) is 118 cm³/mol. The molecule has 0 saturated heterocycles. The van der Waals surface area contributed by atoms with Crippen LogP contribution in [0.1, 0.15) is 46.9 Å². The van der Waals surface area contributed by atoms with Gasteiger partial charge in [-0.3, -0.25) is 4.79 Å².